The maximum absolute atomic E-state index is 12.2. The van der Waals surface area contributed by atoms with E-state index in [0.29, 0.717) is 5.00 Å². The molecule has 9 heteroatoms. The fourth-order valence-corrected chi connectivity index (χ4v) is 3.30. The van der Waals surface area contributed by atoms with Gasteiger partial charge in [0.1, 0.15) is 10.6 Å². The standard InChI is InChI=1S/C18H15N3O5S/c1-2-26-17(24)11-8-13(10-6-4-3-5-7-10)27-16(11)19-9-12-14(22)20-18(25)21-15(12)23/h3-9H,2H2,1H3,(H3,20,21,22,23,25)/b19-9+. The third kappa shape index (κ3) is 4.04. The minimum Gasteiger partial charge on any atom is -0.494 e. The van der Waals surface area contributed by atoms with Gasteiger partial charge in [0, 0.05) is 11.1 Å². The number of nitrogens with one attached hydrogen (secondary N) is 2. The number of nitrogens with zero attached hydrogens (tertiary/aromatic N) is 1. The van der Waals surface area contributed by atoms with E-state index in [1.807, 2.05) is 35.3 Å². The molecule has 138 valence electrons. The van der Waals surface area contributed by atoms with Gasteiger partial charge in [-0.25, -0.2) is 14.6 Å². The van der Waals surface area contributed by atoms with Crippen molar-refractivity contribution < 1.29 is 14.6 Å². The van der Waals surface area contributed by atoms with E-state index in [0.717, 1.165) is 16.7 Å². The van der Waals surface area contributed by atoms with Gasteiger partial charge in [-0.3, -0.25) is 14.8 Å². The first-order valence-corrected chi connectivity index (χ1v) is 8.77. The number of benzene rings is 1. The van der Waals surface area contributed by atoms with Gasteiger partial charge < -0.3 is 9.84 Å². The van der Waals surface area contributed by atoms with Crippen LogP contribution in [0.25, 0.3) is 10.4 Å². The van der Waals surface area contributed by atoms with Gasteiger partial charge >= 0.3 is 11.7 Å². The number of esters is 1. The molecular formula is C18H15N3O5S. The quantitative estimate of drug-likeness (QED) is 0.459. The van der Waals surface area contributed by atoms with Gasteiger partial charge in [-0.05, 0) is 18.6 Å². The molecule has 8 nitrogen and oxygen atoms in total. The Labute approximate surface area is 156 Å². The Morgan fingerprint density at radius 3 is 2.67 bits per heavy atom. The van der Waals surface area contributed by atoms with Crippen molar-refractivity contribution >= 4 is 28.5 Å². The van der Waals surface area contributed by atoms with E-state index in [2.05, 4.69) is 9.98 Å². The third-order valence-electron chi connectivity index (χ3n) is 3.54. The maximum Gasteiger partial charge on any atom is 0.341 e. The zero-order valence-corrected chi connectivity index (χ0v) is 15.0. The molecule has 0 saturated carbocycles. The van der Waals surface area contributed by atoms with Crippen molar-refractivity contribution in [3.05, 3.63) is 68.4 Å². The fraction of sp³-hybridized carbons (Fsp3) is 0.111. The molecule has 0 bridgehead atoms. The van der Waals surface area contributed by atoms with Crippen molar-refractivity contribution in [3.63, 3.8) is 0 Å². The molecule has 0 aliphatic heterocycles. The van der Waals surface area contributed by atoms with Gasteiger partial charge in [-0.1, -0.05) is 30.3 Å². The van der Waals surface area contributed by atoms with Crippen LogP contribution in [-0.4, -0.2) is 33.9 Å². The van der Waals surface area contributed by atoms with Gasteiger partial charge in [0.25, 0.3) is 5.56 Å². The van der Waals surface area contributed by atoms with Crippen LogP contribution in [0.4, 0.5) is 5.00 Å². The SMILES string of the molecule is CCOC(=O)c1cc(-c2ccccc2)sc1/N=C/c1c(O)[nH]c(=O)[nH]c1=O. The van der Waals surface area contributed by atoms with Crippen LogP contribution < -0.4 is 11.2 Å². The number of thiophene rings is 1. The van der Waals surface area contributed by atoms with E-state index in [1.165, 1.54) is 11.3 Å². The highest BCUT2D eigenvalue weighted by atomic mass is 32.1. The summed E-state index contributed by atoms with van der Waals surface area (Å²) < 4.78 is 5.06. The molecule has 2 aromatic heterocycles. The van der Waals surface area contributed by atoms with Crippen molar-refractivity contribution in [2.45, 2.75) is 6.92 Å². The average Bonchev–Trinajstić information content (AvgIpc) is 3.06. The molecule has 0 spiro atoms. The molecule has 0 atom stereocenters. The summed E-state index contributed by atoms with van der Waals surface area (Å²) in [5.74, 6) is -1.15. The van der Waals surface area contributed by atoms with E-state index in [9.17, 15) is 19.5 Å². The summed E-state index contributed by atoms with van der Waals surface area (Å²) in [4.78, 5) is 44.2. The van der Waals surface area contributed by atoms with Crippen LogP contribution in [-0.2, 0) is 4.74 Å². The monoisotopic (exact) mass is 385 g/mol. The number of aliphatic imine (C=N–C) groups is 1. The number of aromatic hydroxyl groups is 1. The van der Waals surface area contributed by atoms with E-state index in [4.69, 9.17) is 4.74 Å². The van der Waals surface area contributed by atoms with Gasteiger partial charge in [0.05, 0.1) is 12.2 Å². The van der Waals surface area contributed by atoms with Gasteiger partial charge in [0.2, 0.25) is 5.88 Å². The van der Waals surface area contributed by atoms with Gasteiger partial charge in [0.15, 0.2) is 0 Å². The number of ether oxygens (including phenoxy) is 1. The Balaban J connectivity index is 2.06. The van der Waals surface area contributed by atoms with Crippen molar-refractivity contribution in [1.82, 2.24) is 9.97 Å². The molecule has 0 aliphatic rings. The van der Waals surface area contributed by atoms with Crippen LogP contribution in [0.3, 0.4) is 0 Å². The molecule has 0 unspecified atom stereocenters. The number of carbonyl (C=O) groups excluding carboxylic acids is 1. The first kappa shape index (κ1) is 18.3. The zero-order valence-electron chi connectivity index (χ0n) is 14.2. The molecule has 1 aromatic carbocycles. The highest BCUT2D eigenvalue weighted by Crippen LogP contribution is 2.37. The third-order valence-corrected chi connectivity index (χ3v) is 4.63. The summed E-state index contributed by atoms with van der Waals surface area (Å²) in [5, 5.41) is 10.1. The number of aromatic amines is 2. The fourth-order valence-electron chi connectivity index (χ4n) is 2.30. The molecule has 3 aromatic rings. The zero-order chi connectivity index (χ0) is 19.4. The minimum absolute atomic E-state index is 0.207. The summed E-state index contributed by atoms with van der Waals surface area (Å²) in [6.07, 6.45) is 1.09. The molecule has 0 fully saturated rings. The second-order valence-electron chi connectivity index (χ2n) is 5.34. The molecule has 27 heavy (non-hydrogen) atoms. The number of H-pyrrole nitrogens is 2. The van der Waals surface area contributed by atoms with Crippen LogP contribution in [0.2, 0.25) is 0 Å². The topological polar surface area (TPSA) is 125 Å². The lowest BCUT2D eigenvalue weighted by molar-refractivity contribution is 0.0528. The summed E-state index contributed by atoms with van der Waals surface area (Å²) in [6, 6.07) is 11.1. The first-order valence-electron chi connectivity index (χ1n) is 7.95. The van der Waals surface area contributed by atoms with E-state index >= 15 is 0 Å². The molecular weight excluding hydrogens is 370 g/mol. The summed E-state index contributed by atoms with van der Waals surface area (Å²) >= 11 is 1.24. The van der Waals surface area contributed by atoms with Crippen molar-refractivity contribution in [2.75, 3.05) is 6.61 Å². The first-order chi connectivity index (χ1) is 13.0. The second-order valence-corrected chi connectivity index (χ2v) is 6.38. The average molecular weight is 385 g/mol. The van der Waals surface area contributed by atoms with Gasteiger partial charge in [-0.2, -0.15) is 0 Å². The van der Waals surface area contributed by atoms with Crippen LogP contribution in [0, 0.1) is 0 Å². The normalized spacial score (nSPS) is 11.0. The molecule has 0 amide bonds. The lowest BCUT2D eigenvalue weighted by Crippen LogP contribution is -2.24. The highest BCUT2D eigenvalue weighted by molar-refractivity contribution is 7.19. The largest absolute Gasteiger partial charge is 0.494 e. The van der Waals surface area contributed by atoms with Crippen LogP contribution in [0.15, 0.2) is 51.0 Å². The number of rotatable bonds is 5. The lowest BCUT2D eigenvalue weighted by atomic mass is 10.1. The van der Waals surface area contributed by atoms with E-state index < -0.39 is 23.1 Å². The molecule has 2 heterocycles. The van der Waals surface area contributed by atoms with Crippen LogP contribution >= 0.6 is 11.3 Å². The van der Waals surface area contributed by atoms with Gasteiger partial charge in [-0.15, -0.1) is 11.3 Å². The molecule has 0 radical (unpaired) electrons. The molecule has 0 aliphatic carbocycles. The van der Waals surface area contributed by atoms with Crippen molar-refractivity contribution in [3.8, 4) is 16.3 Å². The number of hydrogen-bond donors (Lipinski definition) is 3. The minimum atomic E-state index is -0.829. The Morgan fingerprint density at radius 1 is 1.26 bits per heavy atom. The number of aromatic nitrogens is 2. The predicted octanol–water partition coefficient (Wildman–Crippen LogP) is 2.42. The van der Waals surface area contributed by atoms with Crippen LogP contribution in [0.1, 0.15) is 22.8 Å². The summed E-state index contributed by atoms with van der Waals surface area (Å²) in [7, 11) is 0. The molecule has 0 saturated heterocycles. The Hall–Kier alpha value is -3.46. The Morgan fingerprint density at radius 2 is 2.00 bits per heavy atom. The predicted molar refractivity (Wildman–Crippen MR) is 102 cm³/mol. The molecule has 3 N–H and O–H groups in total. The van der Waals surface area contributed by atoms with Crippen molar-refractivity contribution in [1.29, 1.82) is 0 Å². The summed E-state index contributed by atoms with van der Waals surface area (Å²) in [5.41, 5.74) is -0.697. The highest BCUT2D eigenvalue weighted by Gasteiger charge is 2.18. The van der Waals surface area contributed by atoms with E-state index in [-0.39, 0.29) is 17.7 Å². The number of carbonyl (C=O) groups is 1. The van der Waals surface area contributed by atoms with Crippen LogP contribution in [0.5, 0.6) is 5.88 Å². The molecule has 3 rings (SSSR count). The maximum atomic E-state index is 12.2. The van der Waals surface area contributed by atoms with E-state index in [1.54, 1.807) is 13.0 Å². The summed E-state index contributed by atoms with van der Waals surface area (Å²) in [6.45, 7) is 1.90. The Bertz CT molecular complexity index is 1110. The smallest absolute Gasteiger partial charge is 0.341 e. The van der Waals surface area contributed by atoms with Crippen molar-refractivity contribution in [2.24, 2.45) is 4.99 Å². The Kier molecular flexibility index (Phi) is 5.32. The number of hydrogen-bond acceptors (Lipinski definition) is 7. The second kappa shape index (κ2) is 7.83. The lowest BCUT2D eigenvalue weighted by Gasteiger charge is -2.00.